The molecule has 0 atom stereocenters. The predicted octanol–water partition coefficient (Wildman–Crippen LogP) is 0.860. The van der Waals surface area contributed by atoms with Crippen molar-refractivity contribution in [3.63, 3.8) is 0 Å². The molecule has 12 heavy (non-hydrogen) atoms. The Labute approximate surface area is 74.2 Å². The van der Waals surface area contributed by atoms with E-state index in [0.717, 1.165) is 5.52 Å². The molecule has 0 saturated carbocycles. The molecule has 4 N–H and O–H groups in total. The zero-order chi connectivity index (χ0) is 7.84. The van der Waals surface area contributed by atoms with E-state index in [1.54, 1.807) is 12.3 Å². The van der Waals surface area contributed by atoms with Crippen molar-refractivity contribution in [3.05, 3.63) is 28.6 Å². The van der Waals surface area contributed by atoms with Crippen LogP contribution in [0.4, 0.5) is 5.82 Å². The summed E-state index contributed by atoms with van der Waals surface area (Å²) in [4.78, 5) is 16.8. The molecule has 0 saturated heterocycles. The Hall–Kier alpha value is -1.42. The normalized spacial score (nSPS) is 9.67. The van der Waals surface area contributed by atoms with Crippen molar-refractivity contribution in [2.75, 3.05) is 5.73 Å². The Balaban J connectivity index is 0.000000720. The summed E-state index contributed by atoms with van der Waals surface area (Å²) in [6.45, 7) is 0. The van der Waals surface area contributed by atoms with Crippen LogP contribution in [0.15, 0.2) is 23.1 Å². The van der Waals surface area contributed by atoms with Crippen LogP contribution in [0.5, 0.6) is 0 Å². The Morgan fingerprint density at radius 2 is 2.17 bits per heavy atom. The van der Waals surface area contributed by atoms with Gasteiger partial charge in [-0.3, -0.25) is 4.79 Å². The van der Waals surface area contributed by atoms with E-state index in [9.17, 15) is 4.79 Å². The molecule has 0 bridgehead atoms. The lowest BCUT2D eigenvalue weighted by atomic mass is 10.3. The predicted molar refractivity (Wildman–Crippen MR) is 50.6 cm³/mol. The second kappa shape index (κ2) is 2.91. The van der Waals surface area contributed by atoms with E-state index in [4.69, 9.17) is 5.73 Å². The lowest BCUT2D eigenvalue weighted by Crippen LogP contribution is -2.03. The summed E-state index contributed by atoms with van der Waals surface area (Å²) in [5, 5.41) is 0. The molecule has 0 unspecified atom stereocenters. The van der Waals surface area contributed by atoms with Gasteiger partial charge in [-0.25, -0.2) is 0 Å². The number of pyridine rings is 1. The van der Waals surface area contributed by atoms with Crippen LogP contribution in [0.3, 0.4) is 0 Å². The maximum Gasteiger partial charge on any atom is 0.207 e. The Morgan fingerprint density at radius 3 is 2.92 bits per heavy atom. The summed E-state index contributed by atoms with van der Waals surface area (Å²) in [5.74, 6) is 0.391. The van der Waals surface area contributed by atoms with Crippen molar-refractivity contribution in [1.29, 1.82) is 0 Å². The van der Waals surface area contributed by atoms with E-state index < -0.39 is 0 Å². The van der Waals surface area contributed by atoms with E-state index in [1.165, 1.54) is 6.07 Å². The van der Waals surface area contributed by atoms with E-state index >= 15 is 0 Å². The molecule has 0 spiro atoms. The molecule has 2 aromatic rings. The van der Waals surface area contributed by atoms with Crippen LogP contribution in [0.1, 0.15) is 0 Å². The fraction of sp³-hybridized carbons (Fsp3) is 0. The molecule has 0 aliphatic rings. The number of nitrogens with two attached hydrogens (primary N) is 1. The van der Waals surface area contributed by atoms with Crippen molar-refractivity contribution >= 4 is 29.3 Å². The number of hydrogen-bond donors (Lipinski definition) is 3. The fourth-order valence-electron chi connectivity index (χ4n) is 1.08. The molecule has 0 radical (unpaired) electrons. The van der Waals surface area contributed by atoms with Gasteiger partial charge in [-0.05, 0) is 6.07 Å². The summed E-state index contributed by atoms with van der Waals surface area (Å²) < 4.78 is 0. The monoisotopic (exact) mass is 185 g/mol. The first kappa shape index (κ1) is 8.67. The first-order valence-corrected chi connectivity index (χ1v) is 3.23. The third kappa shape index (κ3) is 1.16. The molecule has 0 amide bonds. The number of rotatable bonds is 0. The van der Waals surface area contributed by atoms with E-state index in [2.05, 4.69) is 9.97 Å². The lowest BCUT2D eigenvalue weighted by Gasteiger charge is -1.92. The number of H-pyrrole nitrogens is 2. The van der Waals surface area contributed by atoms with Crippen LogP contribution < -0.4 is 11.2 Å². The van der Waals surface area contributed by atoms with Gasteiger partial charge in [0.2, 0.25) is 5.43 Å². The van der Waals surface area contributed by atoms with Gasteiger partial charge in [-0.15, -0.1) is 12.4 Å². The van der Waals surface area contributed by atoms with Gasteiger partial charge < -0.3 is 15.7 Å². The van der Waals surface area contributed by atoms with Crippen LogP contribution in [-0.4, -0.2) is 9.97 Å². The van der Waals surface area contributed by atoms with Crippen LogP contribution in [-0.2, 0) is 0 Å². The van der Waals surface area contributed by atoms with Crippen molar-refractivity contribution in [2.24, 2.45) is 0 Å². The van der Waals surface area contributed by atoms with Crippen molar-refractivity contribution in [2.45, 2.75) is 0 Å². The second-order valence-electron chi connectivity index (χ2n) is 2.36. The molecule has 0 aromatic carbocycles. The van der Waals surface area contributed by atoms with Crippen molar-refractivity contribution in [1.82, 2.24) is 9.97 Å². The summed E-state index contributed by atoms with van der Waals surface area (Å²) in [6.07, 6.45) is 1.70. The maximum absolute atomic E-state index is 11.1. The number of fused-ring (bicyclic) bond motifs is 1. The molecule has 2 heterocycles. The van der Waals surface area contributed by atoms with Gasteiger partial charge in [0.05, 0.1) is 5.52 Å². The van der Waals surface area contributed by atoms with E-state index in [-0.39, 0.29) is 17.8 Å². The standard InChI is InChI=1S/C7H7N3O.ClH/c8-6-3-5(11)7-4(10-6)1-2-9-7;/h1-3,9H,(H3,8,10,11);1H. The molecule has 0 aliphatic carbocycles. The Kier molecular flexibility index (Phi) is 2.10. The number of nitrogen functional groups attached to an aromatic ring is 1. The Morgan fingerprint density at radius 1 is 1.42 bits per heavy atom. The SMILES string of the molecule is Cl.Nc1cc(=O)c2[nH]ccc2[nH]1. The van der Waals surface area contributed by atoms with Crippen LogP contribution in [0.2, 0.25) is 0 Å². The third-order valence-electron chi connectivity index (χ3n) is 1.56. The zero-order valence-corrected chi connectivity index (χ0v) is 6.94. The number of anilines is 1. The van der Waals surface area contributed by atoms with Crippen molar-refractivity contribution in [3.8, 4) is 0 Å². The molecule has 0 fully saturated rings. The number of halogens is 1. The van der Waals surface area contributed by atoms with Gasteiger partial charge in [0.1, 0.15) is 11.3 Å². The lowest BCUT2D eigenvalue weighted by molar-refractivity contribution is 1.38. The van der Waals surface area contributed by atoms with Crippen LogP contribution in [0.25, 0.3) is 11.0 Å². The highest BCUT2D eigenvalue weighted by Gasteiger charge is 1.98. The number of nitrogens with one attached hydrogen (secondary N) is 2. The van der Waals surface area contributed by atoms with Crippen LogP contribution >= 0.6 is 12.4 Å². The largest absolute Gasteiger partial charge is 0.385 e. The second-order valence-corrected chi connectivity index (χ2v) is 2.36. The molecule has 2 rings (SSSR count). The van der Waals surface area contributed by atoms with Gasteiger partial charge in [-0.2, -0.15) is 0 Å². The van der Waals surface area contributed by atoms with Crippen LogP contribution in [0, 0.1) is 0 Å². The van der Waals surface area contributed by atoms with Gasteiger partial charge in [-0.1, -0.05) is 0 Å². The quantitative estimate of drug-likeness (QED) is 0.570. The molecule has 5 heteroatoms. The zero-order valence-electron chi connectivity index (χ0n) is 6.13. The molecular formula is C7H8ClN3O. The minimum Gasteiger partial charge on any atom is -0.385 e. The topological polar surface area (TPSA) is 74.7 Å². The number of aromatic nitrogens is 2. The molecular weight excluding hydrogens is 178 g/mol. The van der Waals surface area contributed by atoms with Gasteiger partial charge in [0.15, 0.2) is 0 Å². The highest BCUT2D eigenvalue weighted by molar-refractivity contribution is 5.85. The maximum atomic E-state index is 11.1. The first-order chi connectivity index (χ1) is 5.27. The van der Waals surface area contributed by atoms with Gasteiger partial charge in [0, 0.05) is 12.3 Å². The number of aromatic amines is 2. The molecule has 2 aromatic heterocycles. The summed E-state index contributed by atoms with van der Waals surface area (Å²) in [5.41, 5.74) is 6.65. The molecule has 64 valence electrons. The average molecular weight is 186 g/mol. The minimum absolute atomic E-state index is 0. The summed E-state index contributed by atoms with van der Waals surface area (Å²) in [6, 6.07) is 3.13. The summed E-state index contributed by atoms with van der Waals surface area (Å²) in [7, 11) is 0. The van der Waals surface area contributed by atoms with Gasteiger partial charge >= 0.3 is 0 Å². The fourth-order valence-corrected chi connectivity index (χ4v) is 1.08. The third-order valence-corrected chi connectivity index (χ3v) is 1.56. The first-order valence-electron chi connectivity index (χ1n) is 3.23. The van der Waals surface area contributed by atoms with Gasteiger partial charge in [0.25, 0.3) is 0 Å². The van der Waals surface area contributed by atoms with E-state index in [1.807, 2.05) is 0 Å². The molecule has 0 aliphatic heterocycles. The highest BCUT2D eigenvalue weighted by Crippen LogP contribution is 2.05. The Bertz CT molecular complexity index is 445. The average Bonchev–Trinajstić information content (AvgIpc) is 2.34. The van der Waals surface area contributed by atoms with Crippen molar-refractivity contribution < 1.29 is 0 Å². The highest BCUT2D eigenvalue weighted by atomic mass is 35.5. The molecule has 4 nitrogen and oxygen atoms in total. The smallest absolute Gasteiger partial charge is 0.207 e. The van der Waals surface area contributed by atoms with E-state index in [0.29, 0.717) is 11.3 Å². The number of hydrogen-bond acceptors (Lipinski definition) is 2. The summed E-state index contributed by atoms with van der Waals surface area (Å²) >= 11 is 0. The minimum atomic E-state index is -0.0822.